The molecule has 0 aliphatic carbocycles. The molecule has 9 heteroatoms. The molecule has 3 aromatic rings. The van der Waals surface area contributed by atoms with Crippen LogP contribution in [0.2, 0.25) is 0 Å². The number of carbonyl (C=O) groups excluding carboxylic acids is 1. The van der Waals surface area contributed by atoms with Crippen LogP contribution >= 0.6 is 22.6 Å². The number of nitrogens with one attached hydrogen (secondary N) is 2. The van der Waals surface area contributed by atoms with Gasteiger partial charge in [-0.2, -0.15) is 0 Å². The monoisotopic (exact) mass is 544 g/mol. The highest BCUT2D eigenvalue weighted by molar-refractivity contribution is 14.1. The number of hydrogen-bond donors (Lipinski definition) is 2. The fourth-order valence-corrected chi connectivity index (χ4v) is 3.50. The van der Waals surface area contributed by atoms with E-state index in [1.165, 1.54) is 30.7 Å². The Balaban J connectivity index is 2.08. The van der Waals surface area contributed by atoms with Gasteiger partial charge in [-0.15, -0.1) is 0 Å². The lowest BCUT2D eigenvalue weighted by Gasteiger charge is -2.20. The van der Waals surface area contributed by atoms with Gasteiger partial charge in [-0.05, 0) is 60.7 Å². The number of pyridine rings is 1. The summed E-state index contributed by atoms with van der Waals surface area (Å²) >= 11 is 2.05. The van der Waals surface area contributed by atoms with E-state index in [4.69, 9.17) is 4.98 Å². The zero-order valence-corrected chi connectivity index (χ0v) is 20.0. The zero-order valence-electron chi connectivity index (χ0n) is 17.8. The molecule has 2 aromatic heterocycles. The summed E-state index contributed by atoms with van der Waals surface area (Å²) < 4.78 is 15.5. The number of fused-ring (bicyclic) bond motifs is 1. The number of benzene rings is 1. The van der Waals surface area contributed by atoms with Crippen LogP contribution < -0.4 is 10.6 Å². The van der Waals surface area contributed by atoms with E-state index in [1.807, 2.05) is 26.0 Å². The van der Waals surface area contributed by atoms with Gasteiger partial charge in [-0.3, -0.25) is 9.79 Å². The number of anilines is 1. The van der Waals surface area contributed by atoms with Crippen LogP contribution in [0.1, 0.15) is 41.5 Å². The SMILES string of the molecule is C/C=C(\N=CI)c1cc2cc(F)ccc2nc1[C@H](C)Nc1ncncc1C(=O)/C=C\NC. The summed E-state index contributed by atoms with van der Waals surface area (Å²) in [7, 11) is 1.71. The van der Waals surface area contributed by atoms with Gasteiger partial charge < -0.3 is 10.6 Å². The van der Waals surface area contributed by atoms with E-state index in [0.717, 1.165) is 5.56 Å². The molecule has 0 saturated heterocycles. The predicted octanol–water partition coefficient (Wildman–Crippen LogP) is 5.08. The molecular weight excluding hydrogens is 522 g/mol. The van der Waals surface area contributed by atoms with Gasteiger partial charge in [0, 0.05) is 36.5 Å². The maximum atomic E-state index is 13.8. The number of allylic oxidation sites excluding steroid dienone is 2. The van der Waals surface area contributed by atoms with Crippen LogP contribution in [0.15, 0.2) is 60.1 Å². The quantitative estimate of drug-likeness (QED) is 0.178. The Morgan fingerprint density at radius 3 is 2.81 bits per heavy atom. The van der Waals surface area contributed by atoms with Gasteiger partial charge in [0.2, 0.25) is 0 Å². The minimum Gasteiger partial charge on any atom is -0.394 e. The van der Waals surface area contributed by atoms with E-state index < -0.39 is 0 Å². The van der Waals surface area contributed by atoms with Crippen LogP contribution in [0.5, 0.6) is 0 Å². The number of aromatic nitrogens is 3. The van der Waals surface area contributed by atoms with Crippen LogP contribution in [0.25, 0.3) is 16.6 Å². The summed E-state index contributed by atoms with van der Waals surface area (Å²) in [6.07, 6.45) is 7.68. The van der Waals surface area contributed by atoms with Gasteiger partial charge in [-0.25, -0.2) is 19.3 Å². The third-order valence-electron chi connectivity index (χ3n) is 4.69. The first-order chi connectivity index (χ1) is 15.5. The molecule has 0 aliphatic rings. The van der Waals surface area contributed by atoms with Gasteiger partial charge in [0.25, 0.3) is 0 Å². The van der Waals surface area contributed by atoms with E-state index >= 15 is 0 Å². The molecule has 1 atom stereocenters. The molecule has 2 heterocycles. The van der Waals surface area contributed by atoms with Crippen molar-refractivity contribution >= 4 is 55.0 Å². The summed E-state index contributed by atoms with van der Waals surface area (Å²) in [6.45, 7) is 3.80. The van der Waals surface area contributed by atoms with Crippen molar-refractivity contribution in [3.05, 3.63) is 77.8 Å². The molecule has 0 unspecified atom stereocenters. The second-order valence-corrected chi connectivity index (χ2v) is 7.35. The number of halogens is 2. The molecular formula is C23H22FIN6O. The lowest BCUT2D eigenvalue weighted by Crippen LogP contribution is -2.15. The number of rotatable bonds is 8. The van der Waals surface area contributed by atoms with Crippen molar-refractivity contribution in [3.63, 3.8) is 0 Å². The number of hydrogen-bond acceptors (Lipinski definition) is 7. The van der Waals surface area contributed by atoms with E-state index in [0.29, 0.717) is 33.7 Å². The number of carbonyl (C=O) groups is 1. The van der Waals surface area contributed by atoms with Gasteiger partial charge in [0.05, 0.1) is 32.7 Å². The van der Waals surface area contributed by atoms with Gasteiger partial charge in [0.1, 0.15) is 18.0 Å². The maximum Gasteiger partial charge on any atom is 0.192 e. The van der Waals surface area contributed by atoms with Crippen molar-refractivity contribution in [3.8, 4) is 0 Å². The van der Waals surface area contributed by atoms with Crippen LogP contribution in [-0.2, 0) is 0 Å². The molecule has 0 radical (unpaired) electrons. The minimum absolute atomic E-state index is 0.236. The smallest absolute Gasteiger partial charge is 0.192 e. The first-order valence-corrected chi connectivity index (χ1v) is 11.1. The Labute approximate surface area is 199 Å². The Morgan fingerprint density at radius 1 is 1.28 bits per heavy atom. The number of aliphatic imine (C=N–C) groups is 1. The molecule has 0 aliphatic heterocycles. The average molecular weight is 544 g/mol. The van der Waals surface area contributed by atoms with Crippen molar-refractivity contribution in [2.24, 2.45) is 4.99 Å². The molecule has 0 fully saturated rings. The van der Waals surface area contributed by atoms with Crippen molar-refractivity contribution in [2.75, 3.05) is 12.4 Å². The highest BCUT2D eigenvalue weighted by Crippen LogP contribution is 2.30. The standard InChI is InChI=1S/C23H22FIN6O/c1-4-19(28-12-25)17-10-15-9-16(24)5-6-20(15)31-22(17)14(2)30-23-18(11-27-13-29-23)21(32)7-8-26-3/h4-14,26H,1-3H3,(H,27,29,30)/b8-7-,19-4-,28-12?/t14-/m0/s1. The molecule has 2 N–H and O–H groups in total. The maximum absolute atomic E-state index is 13.8. The van der Waals surface area contributed by atoms with Crippen LogP contribution in [0.3, 0.4) is 0 Å². The minimum atomic E-state index is -0.339. The Hall–Kier alpha value is -3.21. The third kappa shape index (κ3) is 5.34. The predicted molar refractivity (Wildman–Crippen MR) is 134 cm³/mol. The van der Waals surface area contributed by atoms with E-state index in [9.17, 15) is 9.18 Å². The van der Waals surface area contributed by atoms with Gasteiger partial charge >= 0.3 is 0 Å². The summed E-state index contributed by atoms with van der Waals surface area (Å²) in [4.78, 5) is 30.0. The summed E-state index contributed by atoms with van der Waals surface area (Å²) in [5.74, 6) is -0.174. The van der Waals surface area contributed by atoms with Crippen LogP contribution in [-0.4, -0.2) is 32.0 Å². The lowest BCUT2D eigenvalue weighted by atomic mass is 10.0. The van der Waals surface area contributed by atoms with Crippen LogP contribution in [0.4, 0.5) is 10.2 Å². The molecule has 0 bridgehead atoms. The van der Waals surface area contributed by atoms with Gasteiger partial charge in [-0.1, -0.05) is 6.08 Å². The fourth-order valence-electron chi connectivity index (χ4n) is 3.20. The molecule has 3 rings (SSSR count). The van der Waals surface area contributed by atoms with E-state index in [-0.39, 0.29) is 17.6 Å². The second kappa shape index (κ2) is 10.9. The largest absolute Gasteiger partial charge is 0.394 e. The Bertz CT molecular complexity index is 1220. The first kappa shape index (κ1) is 23.5. The highest BCUT2D eigenvalue weighted by Gasteiger charge is 2.19. The van der Waals surface area contributed by atoms with Crippen LogP contribution in [0, 0.1) is 5.82 Å². The number of ketones is 1. The lowest BCUT2D eigenvalue weighted by molar-refractivity contribution is 0.104. The van der Waals surface area contributed by atoms with E-state index in [2.05, 4.69) is 48.2 Å². The summed E-state index contributed by atoms with van der Waals surface area (Å²) in [5, 5.41) is 6.75. The number of nitrogens with zero attached hydrogens (tertiary/aromatic N) is 4. The van der Waals surface area contributed by atoms with Gasteiger partial charge in [0.15, 0.2) is 5.78 Å². The third-order valence-corrected chi connectivity index (χ3v) is 4.96. The zero-order chi connectivity index (χ0) is 23.1. The fraction of sp³-hybridized carbons (Fsp3) is 0.174. The summed E-state index contributed by atoms with van der Waals surface area (Å²) in [5.41, 5.74) is 3.16. The second-order valence-electron chi connectivity index (χ2n) is 6.80. The average Bonchev–Trinajstić information content (AvgIpc) is 2.80. The molecule has 0 amide bonds. The Kier molecular flexibility index (Phi) is 7.98. The van der Waals surface area contributed by atoms with Crippen molar-refractivity contribution in [1.82, 2.24) is 20.3 Å². The Morgan fingerprint density at radius 2 is 2.09 bits per heavy atom. The molecule has 164 valence electrons. The topological polar surface area (TPSA) is 92.2 Å². The molecule has 0 saturated carbocycles. The highest BCUT2D eigenvalue weighted by atomic mass is 127. The van der Waals surface area contributed by atoms with E-state index in [1.54, 1.807) is 23.5 Å². The molecule has 7 nitrogen and oxygen atoms in total. The normalized spacial score (nSPS) is 13.1. The molecule has 1 aromatic carbocycles. The van der Waals surface area contributed by atoms with Crippen molar-refractivity contribution < 1.29 is 9.18 Å². The summed E-state index contributed by atoms with van der Waals surface area (Å²) in [6, 6.07) is 6.01. The van der Waals surface area contributed by atoms with Crippen molar-refractivity contribution in [2.45, 2.75) is 19.9 Å². The molecule has 32 heavy (non-hydrogen) atoms. The van der Waals surface area contributed by atoms with Crippen molar-refractivity contribution in [1.29, 1.82) is 0 Å². The molecule has 0 spiro atoms. The first-order valence-electron chi connectivity index (χ1n) is 9.82.